The molecule has 2 heteroatoms. The molecular weight excluding hydrogens is 226 g/mol. The highest BCUT2D eigenvalue weighted by Gasteiger charge is 1.94. The smallest absolute Gasteiger partial charge is 0.0208 e. The molecule has 0 radical (unpaired) electrons. The first kappa shape index (κ1) is 12.2. The Kier molecular flexibility index (Phi) is 4.65. The number of hydrogen-bond donors (Lipinski definition) is 1. The Bertz CT molecular complexity index is 436. The lowest BCUT2D eigenvalue weighted by Gasteiger charge is -2.05. The molecule has 2 rings (SSSR count). The van der Waals surface area contributed by atoms with Gasteiger partial charge in [0, 0.05) is 18.0 Å². The molecule has 0 aliphatic heterocycles. The number of nitrogens with one attached hydrogen (secondary N) is 1. The van der Waals surface area contributed by atoms with E-state index in [-0.39, 0.29) is 0 Å². The van der Waals surface area contributed by atoms with Crippen LogP contribution in [0.25, 0.3) is 0 Å². The normalized spacial score (nSPS) is 10.4. The molecule has 0 saturated heterocycles. The van der Waals surface area contributed by atoms with Crippen molar-refractivity contribution in [3.63, 3.8) is 0 Å². The van der Waals surface area contributed by atoms with Crippen LogP contribution in [0.2, 0.25) is 0 Å². The van der Waals surface area contributed by atoms with Crippen molar-refractivity contribution in [3.05, 3.63) is 65.7 Å². The van der Waals surface area contributed by atoms with Crippen molar-refractivity contribution in [2.75, 3.05) is 6.26 Å². The second-order valence-electron chi connectivity index (χ2n) is 3.94. The second-order valence-corrected chi connectivity index (χ2v) is 4.82. The molecule has 0 saturated carbocycles. The van der Waals surface area contributed by atoms with Gasteiger partial charge in [0.15, 0.2) is 0 Å². The third-order valence-electron chi connectivity index (χ3n) is 2.66. The van der Waals surface area contributed by atoms with Crippen LogP contribution in [0.3, 0.4) is 0 Å². The predicted octanol–water partition coefficient (Wildman–Crippen LogP) is 3.70. The van der Waals surface area contributed by atoms with Gasteiger partial charge in [-0.2, -0.15) is 0 Å². The molecule has 0 unspecified atom stereocenters. The first-order valence-electron chi connectivity index (χ1n) is 5.76. The summed E-state index contributed by atoms with van der Waals surface area (Å²) in [6, 6.07) is 19.2. The molecule has 17 heavy (non-hydrogen) atoms. The Morgan fingerprint density at radius 3 is 2.00 bits per heavy atom. The van der Waals surface area contributed by atoms with Gasteiger partial charge >= 0.3 is 0 Å². The van der Waals surface area contributed by atoms with Crippen LogP contribution in [0.4, 0.5) is 0 Å². The SMILES string of the molecule is CSc1ccc(CNCc2ccccc2)cc1. The first-order valence-corrected chi connectivity index (χ1v) is 6.98. The molecule has 0 aliphatic carbocycles. The summed E-state index contributed by atoms with van der Waals surface area (Å²) in [5.74, 6) is 0. The number of hydrogen-bond acceptors (Lipinski definition) is 2. The average molecular weight is 243 g/mol. The molecule has 0 aromatic heterocycles. The monoisotopic (exact) mass is 243 g/mol. The van der Waals surface area contributed by atoms with E-state index in [1.807, 2.05) is 6.07 Å². The maximum Gasteiger partial charge on any atom is 0.0208 e. The molecule has 2 aromatic carbocycles. The van der Waals surface area contributed by atoms with Gasteiger partial charge in [0.05, 0.1) is 0 Å². The van der Waals surface area contributed by atoms with Crippen LogP contribution in [0.15, 0.2) is 59.5 Å². The Morgan fingerprint density at radius 1 is 0.824 bits per heavy atom. The van der Waals surface area contributed by atoms with E-state index in [1.165, 1.54) is 16.0 Å². The van der Waals surface area contributed by atoms with Crippen LogP contribution in [0.5, 0.6) is 0 Å². The Labute approximate surface area is 107 Å². The highest BCUT2D eigenvalue weighted by atomic mass is 32.2. The molecule has 2 aromatic rings. The maximum absolute atomic E-state index is 3.45. The minimum atomic E-state index is 0.920. The van der Waals surface area contributed by atoms with Crippen LogP contribution >= 0.6 is 11.8 Å². The van der Waals surface area contributed by atoms with E-state index in [1.54, 1.807) is 11.8 Å². The molecule has 0 aliphatic rings. The average Bonchev–Trinajstić information content (AvgIpc) is 2.41. The molecule has 0 atom stereocenters. The van der Waals surface area contributed by atoms with E-state index in [0.29, 0.717) is 0 Å². The summed E-state index contributed by atoms with van der Waals surface area (Å²) < 4.78 is 0. The molecule has 0 fully saturated rings. The van der Waals surface area contributed by atoms with Crippen LogP contribution in [-0.2, 0) is 13.1 Å². The summed E-state index contributed by atoms with van der Waals surface area (Å²) in [6.45, 7) is 1.84. The summed E-state index contributed by atoms with van der Waals surface area (Å²) in [7, 11) is 0. The first-order chi connectivity index (χ1) is 8.38. The van der Waals surface area contributed by atoms with Crippen molar-refractivity contribution in [3.8, 4) is 0 Å². The van der Waals surface area contributed by atoms with Crippen LogP contribution in [0.1, 0.15) is 11.1 Å². The summed E-state index contributed by atoms with van der Waals surface area (Å²) >= 11 is 1.78. The van der Waals surface area contributed by atoms with E-state index in [9.17, 15) is 0 Å². The highest BCUT2D eigenvalue weighted by molar-refractivity contribution is 7.98. The predicted molar refractivity (Wildman–Crippen MR) is 75.2 cm³/mol. The van der Waals surface area contributed by atoms with Crippen molar-refractivity contribution in [2.45, 2.75) is 18.0 Å². The summed E-state index contributed by atoms with van der Waals surface area (Å²) in [5.41, 5.74) is 2.66. The minimum absolute atomic E-state index is 0.920. The zero-order valence-corrected chi connectivity index (χ0v) is 10.8. The number of rotatable bonds is 5. The van der Waals surface area contributed by atoms with E-state index in [4.69, 9.17) is 0 Å². The van der Waals surface area contributed by atoms with Crippen molar-refractivity contribution in [1.82, 2.24) is 5.32 Å². The minimum Gasteiger partial charge on any atom is -0.309 e. The molecule has 88 valence electrons. The highest BCUT2D eigenvalue weighted by Crippen LogP contribution is 2.14. The molecule has 1 nitrogen and oxygen atoms in total. The summed E-state index contributed by atoms with van der Waals surface area (Å²) in [6.07, 6.45) is 2.10. The van der Waals surface area contributed by atoms with E-state index >= 15 is 0 Å². The third kappa shape index (κ3) is 3.91. The topological polar surface area (TPSA) is 12.0 Å². The lowest BCUT2D eigenvalue weighted by Crippen LogP contribution is -2.12. The number of benzene rings is 2. The standard InChI is InChI=1S/C15H17NS/c1-17-15-9-7-14(8-10-15)12-16-11-13-5-3-2-4-6-13/h2-10,16H,11-12H2,1H3. The van der Waals surface area contributed by atoms with E-state index < -0.39 is 0 Å². The van der Waals surface area contributed by atoms with Crippen molar-refractivity contribution >= 4 is 11.8 Å². The number of thioether (sulfide) groups is 1. The van der Waals surface area contributed by atoms with Crippen molar-refractivity contribution < 1.29 is 0 Å². The summed E-state index contributed by atoms with van der Waals surface area (Å²) in [5, 5.41) is 3.45. The van der Waals surface area contributed by atoms with Gasteiger partial charge in [-0.25, -0.2) is 0 Å². The van der Waals surface area contributed by atoms with Crippen LogP contribution < -0.4 is 5.32 Å². The lowest BCUT2D eigenvalue weighted by atomic mass is 10.2. The third-order valence-corrected chi connectivity index (χ3v) is 3.40. The Hall–Kier alpha value is -1.25. The van der Waals surface area contributed by atoms with Crippen LogP contribution in [0, 0.1) is 0 Å². The summed E-state index contributed by atoms with van der Waals surface area (Å²) in [4.78, 5) is 1.32. The molecule has 1 N–H and O–H groups in total. The molecular formula is C15H17NS. The van der Waals surface area contributed by atoms with Crippen molar-refractivity contribution in [1.29, 1.82) is 0 Å². The zero-order valence-electron chi connectivity index (χ0n) is 10.0. The van der Waals surface area contributed by atoms with Gasteiger partial charge in [0.2, 0.25) is 0 Å². The maximum atomic E-state index is 3.45. The van der Waals surface area contributed by atoms with Gasteiger partial charge in [-0.3, -0.25) is 0 Å². The van der Waals surface area contributed by atoms with Crippen LogP contribution in [-0.4, -0.2) is 6.26 Å². The molecule has 0 bridgehead atoms. The molecule has 0 amide bonds. The zero-order chi connectivity index (χ0) is 11.9. The lowest BCUT2D eigenvalue weighted by molar-refractivity contribution is 0.693. The van der Waals surface area contributed by atoms with E-state index in [2.05, 4.69) is 60.1 Å². The van der Waals surface area contributed by atoms with Gasteiger partial charge in [-0.15, -0.1) is 11.8 Å². The van der Waals surface area contributed by atoms with Gasteiger partial charge in [0.1, 0.15) is 0 Å². The Balaban J connectivity index is 1.82. The largest absolute Gasteiger partial charge is 0.309 e. The fourth-order valence-corrected chi connectivity index (χ4v) is 2.10. The second kappa shape index (κ2) is 6.48. The Morgan fingerprint density at radius 2 is 1.41 bits per heavy atom. The fourth-order valence-electron chi connectivity index (χ4n) is 1.69. The van der Waals surface area contributed by atoms with Gasteiger partial charge in [-0.05, 0) is 29.5 Å². The van der Waals surface area contributed by atoms with Gasteiger partial charge < -0.3 is 5.32 Å². The van der Waals surface area contributed by atoms with Crippen molar-refractivity contribution in [2.24, 2.45) is 0 Å². The quantitative estimate of drug-likeness (QED) is 0.804. The molecule has 0 spiro atoms. The molecule has 0 heterocycles. The van der Waals surface area contributed by atoms with Gasteiger partial charge in [-0.1, -0.05) is 42.5 Å². The fraction of sp³-hybridized carbons (Fsp3) is 0.200. The van der Waals surface area contributed by atoms with E-state index in [0.717, 1.165) is 13.1 Å². The van der Waals surface area contributed by atoms with Gasteiger partial charge in [0.25, 0.3) is 0 Å².